The summed E-state index contributed by atoms with van der Waals surface area (Å²) >= 11 is 0. The predicted octanol–water partition coefficient (Wildman–Crippen LogP) is 2.64. The fraction of sp³-hybridized carbons (Fsp3) is 0.476. The molecule has 1 saturated carbocycles. The molecule has 0 spiro atoms. The molecule has 1 aliphatic rings. The molecule has 7 heteroatoms. The summed E-state index contributed by atoms with van der Waals surface area (Å²) in [5.74, 6) is 4.09. The molecule has 0 radical (unpaired) electrons. The van der Waals surface area contributed by atoms with Gasteiger partial charge in [0.2, 0.25) is 0 Å². The Kier molecular flexibility index (Phi) is 6.68. The molecule has 1 aromatic heterocycles. The van der Waals surface area contributed by atoms with Crippen LogP contribution in [0.25, 0.3) is 0 Å². The van der Waals surface area contributed by atoms with E-state index in [1.807, 2.05) is 18.5 Å². The number of rotatable bonds is 9. The Morgan fingerprint density at radius 2 is 2.14 bits per heavy atom. The molecule has 28 heavy (non-hydrogen) atoms. The number of hydrogen-bond donors (Lipinski definition) is 2. The van der Waals surface area contributed by atoms with Crippen molar-refractivity contribution in [3.05, 3.63) is 53.6 Å². The van der Waals surface area contributed by atoms with E-state index in [-0.39, 0.29) is 0 Å². The van der Waals surface area contributed by atoms with Gasteiger partial charge in [0.05, 0.1) is 19.7 Å². The third kappa shape index (κ3) is 5.58. The van der Waals surface area contributed by atoms with Crippen LogP contribution in [0.4, 0.5) is 0 Å². The number of nitrogens with one attached hydrogen (secondary N) is 2. The first-order valence-corrected chi connectivity index (χ1v) is 9.77. The van der Waals surface area contributed by atoms with Crippen molar-refractivity contribution in [2.75, 3.05) is 13.2 Å². The molecule has 1 aromatic carbocycles. The summed E-state index contributed by atoms with van der Waals surface area (Å²) < 4.78 is 8.02. The zero-order chi connectivity index (χ0) is 19.9. The van der Waals surface area contributed by atoms with E-state index < -0.39 is 0 Å². The van der Waals surface area contributed by atoms with E-state index in [0.29, 0.717) is 25.6 Å². The van der Waals surface area contributed by atoms with E-state index in [4.69, 9.17) is 9.73 Å². The molecule has 150 valence electrons. The Morgan fingerprint density at radius 1 is 1.32 bits per heavy atom. The zero-order valence-corrected chi connectivity index (χ0v) is 17.0. The SMILES string of the molecule is C=CCNC(=NCc1ccc(C)cc1OCC1CC1)NCc1nnc(C)n1C. The molecule has 0 aliphatic heterocycles. The van der Waals surface area contributed by atoms with Gasteiger partial charge in [-0.15, -0.1) is 16.8 Å². The van der Waals surface area contributed by atoms with Crippen LogP contribution in [0.3, 0.4) is 0 Å². The molecule has 1 fully saturated rings. The summed E-state index contributed by atoms with van der Waals surface area (Å²) in [6.45, 7) is 10.3. The summed E-state index contributed by atoms with van der Waals surface area (Å²) in [4.78, 5) is 4.73. The fourth-order valence-corrected chi connectivity index (χ4v) is 2.69. The van der Waals surface area contributed by atoms with E-state index in [0.717, 1.165) is 35.5 Å². The van der Waals surface area contributed by atoms with Gasteiger partial charge in [0.15, 0.2) is 11.8 Å². The Morgan fingerprint density at radius 3 is 2.82 bits per heavy atom. The number of ether oxygens (including phenoxy) is 1. The molecule has 2 aromatic rings. The molecule has 1 aliphatic carbocycles. The van der Waals surface area contributed by atoms with Gasteiger partial charge in [-0.2, -0.15) is 0 Å². The van der Waals surface area contributed by atoms with Gasteiger partial charge in [-0.3, -0.25) is 0 Å². The molecule has 7 nitrogen and oxygen atoms in total. The first-order chi connectivity index (χ1) is 13.6. The Bertz CT molecular complexity index is 837. The summed E-state index contributed by atoms with van der Waals surface area (Å²) in [5.41, 5.74) is 2.28. The molecule has 0 saturated heterocycles. The van der Waals surface area contributed by atoms with Crippen LogP contribution in [0, 0.1) is 19.8 Å². The highest BCUT2D eigenvalue weighted by molar-refractivity contribution is 5.79. The van der Waals surface area contributed by atoms with Crippen molar-refractivity contribution in [1.82, 2.24) is 25.4 Å². The van der Waals surface area contributed by atoms with Crippen LogP contribution in [0.1, 0.15) is 35.6 Å². The van der Waals surface area contributed by atoms with Crippen LogP contribution in [0.5, 0.6) is 5.75 Å². The molecule has 1 heterocycles. The maximum Gasteiger partial charge on any atom is 0.192 e. The van der Waals surface area contributed by atoms with Crippen LogP contribution < -0.4 is 15.4 Å². The molecule has 0 atom stereocenters. The smallest absolute Gasteiger partial charge is 0.192 e. The monoisotopic (exact) mass is 382 g/mol. The second-order valence-electron chi connectivity index (χ2n) is 7.28. The van der Waals surface area contributed by atoms with E-state index in [9.17, 15) is 0 Å². The van der Waals surface area contributed by atoms with Crippen molar-refractivity contribution in [3.63, 3.8) is 0 Å². The fourth-order valence-electron chi connectivity index (χ4n) is 2.69. The van der Waals surface area contributed by atoms with Crippen molar-refractivity contribution in [2.45, 2.75) is 39.8 Å². The number of guanidine groups is 1. The van der Waals surface area contributed by atoms with Crippen molar-refractivity contribution in [1.29, 1.82) is 0 Å². The molecule has 3 rings (SSSR count). The van der Waals surface area contributed by atoms with Gasteiger partial charge >= 0.3 is 0 Å². The Balaban J connectivity index is 1.67. The number of aromatic nitrogens is 3. The van der Waals surface area contributed by atoms with Gasteiger partial charge in [-0.1, -0.05) is 18.2 Å². The summed E-state index contributed by atoms with van der Waals surface area (Å²) in [5, 5.41) is 14.8. The quantitative estimate of drug-likeness (QED) is 0.396. The minimum absolute atomic E-state index is 0.532. The Labute approximate surface area is 166 Å². The summed E-state index contributed by atoms with van der Waals surface area (Å²) in [7, 11) is 1.95. The van der Waals surface area contributed by atoms with Crippen molar-refractivity contribution >= 4 is 5.96 Å². The lowest BCUT2D eigenvalue weighted by Crippen LogP contribution is -2.37. The molecule has 2 N–H and O–H groups in total. The minimum Gasteiger partial charge on any atom is -0.493 e. The zero-order valence-electron chi connectivity index (χ0n) is 17.0. The summed E-state index contributed by atoms with van der Waals surface area (Å²) in [6.07, 6.45) is 4.36. The van der Waals surface area contributed by atoms with Gasteiger partial charge in [-0.05, 0) is 44.2 Å². The Hall–Kier alpha value is -2.83. The lowest BCUT2D eigenvalue weighted by atomic mass is 10.1. The molecular formula is C21H30N6O. The third-order valence-electron chi connectivity index (χ3n) is 4.81. The van der Waals surface area contributed by atoms with E-state index in [2.05, 4.69) is 52.5 Å². The van der Waals surface area contributed by atoms with Gasteiger partial charge < -0.3 is 19.9 Å². The number of benzene rings is 1. The second kappa shape index (κ2) is 9.39. The third-order valence-corrected chi connectivity index (χ3v) is 4.81. The second-order valence-corrected chi connectivity index (χ2v) is 7.28. The van der Waals surface area contributed by atoms with Gasteiger partial charge in [0.25, 0.3) is 0 Å². The largest absolute Gasteiger partial charge is 0.493 e. The lowest BCUT2D eigenvalue weighted by Gasteiger charge is -2.13. The van der Waals surface area contributed by atoms with Crippen LogP contribution in [-0.2, 0) is 20.1 Å². The molecule has 0 bridgehead atoms. The van der Waals surface area contributed by atoms with E-state index in [1.54, 1.807) is 6.08 Å². The van der Waals surface area contributed by atoms with Gasteiger partial charge in [0.1, 0.15) is 11.6 Å². The maximum atomic E-state index is 6.06. The molecule has 0 unspecified atom stereocenters. The van der Waals surface area contributed by atoms with Crippen molar-refractivity contribution < 1.29 is 4.74 Å². The van der Waals surface area contributed by atoms with Gasteiger partial charge in [0, 0.05) is 19.2 Å². The molecular weight excluding hydrogens is 352 g/mol. The normalized spacial score (nSPS) is 14.0. The highest BCUT2D eigenvalue weighted by Crippen LogP contribution is 2.30. The lowest BCUT2D eigenvalue weighted by molar-refractivity contribution is 0.296. The number of aryl methyl sites for hydroxylation is 2. The van der Waals surface area contributed by atoms with Crippen LogP contribution in [0.2, 0.25) is 0 Å². The highest BCUT2D eigenvalue weighted by Gasteiger charge is 2.22. The number of nitrogens with zero attached hydrogens (tertiary/aromatic N) is 4. The van der Waals surface area contributed by atoms with Gasteiger partial charge in [-0.25, -0.2) is 4.99 Å². The van der Waals surface area contributed by atoms with E-state index >= 15 is 0 Å². The average Bonchev–Trinajstić information content (AvgIpc) is 3.47. The van der Waals surface area contributed by atoms with Crippen LogP contribution >= 0.6 is 0 Å². The minimum atomic E-state index is 0.532. The van der Waals surface area contributed by atoms with Crippen LogP contribution in [0.15, 0.2) is 35.8 Å². The van der Waals surface area contributed by atoms with Crippen molar-refractivity contribution in [2.24, 2.45) is 18.0 Å². The number of hydrogen-bond acceptors (Lipinski definition) is 4. The van der Waals surface area contributed by atoms with Crippen molar-refractivity contribution in [3.8, 4) is 5.75 Å². The predicted molar refractivity (Wildman–Crippen MR) is 111 cm³/mol. The highest BCUT2D eigenvalue weighted by atomic mass is 16.5. The number of aliphatic imine (C=N–C) groups is 1. The first-order valence-electron chi connectivity index (χ1n) is 9.77. The first kappa shape index (κ1) is 19.9. The van der Waals surface area contributed by atoms with Crippen LogP contribution in [-0.4, -0.2) is 33.9 Å². The molecule has 0 amide bonds. The van der Waals surface area contributed by atoms with E-state index in [1.165, 1.54) is 18.4 Å². The standard InChI is InChI=1S/C21H30N6O/c1-5-10-22-21(24-13-20-26-25-16(3)27(20)4)23-12-18-9-6-15(2)11-19(18)28-14-17-7-8-17/h5-6,9,11,17H,1,7-8,10,12-14H2,2-4H3,(H2,22,23,24). The maximum absolute atomic E-state index is 6.06. The summed E-state index contributed by atoms with van der Waals surface area (Å²) in [6, 6.07) is 6.29. The topological polar surface area (TPSA) is 76.4 Å². The average molecular weight is 383 g/mol.